The Hall–Kier alpha value is -1.99. The smallest absolute Gasteiger partial charge is 0.439 e. The number of halogens is 2. The van der Waals surface area contributed by atoms with E-state index in [2.05, 4.69) is 4.98 Å². The van der Waals surface area contributed by atoms with Crippen molar-refractivity contribution in [2.24, 2.45) is 0 Å². The van der Waals surface area contributed by atoms with E-state index >= 15 is 0 Å². The van der Waals surface area contributed by atoms with Crippen molar-refractivity contribution in [3.8, 4) is 11.6 Å². The van der Waals surface area contributed by atoms with Crippen LogP contribution in [0, 0.1) is 25.5 Å². The molecule has 2 rings (SSSR count). The van der Waals surface area contributed by atoms with Gasteiger partial charge in [0.1, 0.15) is 5.75 Å². The first-order valence-electron chi connectivity index (χ1n) is 7.52. The fourth-order valence-corrected chi connectivity index (χ4v) is 2.59. The molecule has 24 heavy (non-hydrogen) atoms. The lowest BCUT2D eigenvalue weighted by Crippen LogP contribution is -2.36. The fourth-order valence-electron chi connectivity index (χ4n) is 2.59. The third-order valence-corrected chi connectivity index (χ3v) is 3.91. The van der Waals surface area contributed by atoms with Crippen LogP contribution in [0.2, 0.25) is 0 Å². The summed E-state index contributed by atoms with van der Waals surface area (Å²) in [7, 11) is -1.81. The zero-order valence-corrected chi connectivity index (χ0v) is 14.3. The van der Waals surface area contributed by atoms with Crippen LogP contribution < -0.4 is 10.2 Å². The van der Waals surface area contributed by atoms with Gasteiger partial charge in [-0.1, -0.05) is 20.8 Å². The van der Waals surface area contributed by atoms with Gasteiger partial charge in [-0.15, -0.1) is 0 Å². The molecule has 0 aliphatic carbocycles. The second-order valence-electron chi connectivity index (χ2n) is 6.73. The van der Waals surface area contributed by atoms with Gasteiger partial charge in [-0.2, -0.15) is 0 Å². The molecule has 2 N–H and O–H groups in total. The molecule has 0 radical (unpaired) electrons. The summed E-state index contributed by atoms with van der Waals surface area (Å²) in [5.74, 6) is -1.98. The molecule has 1 aromatic carbocycles. The number of hydrogen-bond donors (Lipinski definition) is 2. The third kappa shape index (κ3) is 3.42. The van der Waals surface area contributed by atoms with Crippen LogP contribution in [0.5, 0.6) is 11.6 Å². The Morgan fingerprint density at radius 3 is 2.25 bits per heavy atom. The Bertz CT molecular complexity index is 773. The maximum atomic E-state index is 13.7. The van der Waals surface area contributed by atoms with Crippen LogP contribution in [0.25, 0.3) is 0 Å². The number of rotatable bonds is 3. The number of pyridine rings is 1. The van der Waals surface area contributed by atoms with E-state index in [0.717, 1.165) is 11.6 Å². The van der Waals surface area contributed by atoms with Gasteiger partial charge in [-0.05, 0) is 42.5 Å². The van der Waals surface area contributed by atoms with Crippen LogP contribution in [-0.4, -0.2) is 22.2 Å². The molecule has 0 saturated heterocycles. The molecule has 4 nitrogen and oxygen atoms in total. The zero-order valence-electron chi connectivity index (χ0n) is 14.3. The molecule has 0 unspecified atom stereocenters. The highest BCUT2D eigenvalue weighted by atomic mass is 19.2. The maximum Gasteiger partial charge on any atom is 0.494 e. The van der Waals surface area contributed by atoms with E-state index in [0.29, 0.717) is 5.56 Å². The van der Waals surface area contributed by atoms with Gasteiger partial charge >= 0.3 is 7.12 Å². The molecule has 0 amide bonds. The maximum absolute atomic E-state index is 13.7. The van der Waals surface area contributed by atoms with Crippen molar-refractivity contribution in [3.05, 3.63) is 46.7 Å². The van der Waals surface area contributed by atoms with Crippen LogP contribution in [-0.2, 0) is 5.41 Å². The number of aromatic nitrogens is 1. The summed E-state index contributed by atoms with van der Waals surface area (Å²) < 4.78 is 32.5. The van der Waals surface area contributed by atoms with E-state index in [1.165, 1.54) is 13.0 Å². The molecule has 0 aliphatic heterocycles. The van der Waals surface area contributed by atoms with Crippen molar-refractivity contribution in [1.82, 2.24) is 4.98 Å². The molecule has 0 atom stereocenters. The van der Waals surface area contributed by atoms with E-state index < -0.39 is 18.8 Å². The van der Waals surface area contributed by atoms with Crippen molar-refractivity contribution in [3.63, 3.8) is 0 Å². The van der Waals surface area contributed by atoms with Crippen LogP contribution in [0.15, 0.2) is 18.3 Å². The predicted octanol–water partition coefficient (Wildman–Crippen LogP) is 2.75. The Morgan fingerprint density at radius 2 is 1.71 bits per heavy atom. The summed E-state index contributed by atoms with van der Waals surface area (Å²) in [4.78, 5) is 4.16. The van der Waals surface area contributed by atoms with E-state index in [9.17, 15) is 18.8 Å². The minimum atomic E-state index is -1.81. The summed E-state index contributed by atoms with van der Waals surface area (Å²) >= 11 is 0. The number of nitrogens with zero attached hydrogens (tertiary/aromatic N) is 1. The highest BCUT2D eigenvalue weighted by molar-refractivity contribution is 6.60. The van der Waals surface area contributed by atoms with Gasteiger partial charge < -0.3 is 14.8 Å². The van der Waals surface area contributed by atoms with Crippen molar-refractivity contribution in [2.75, 3.05) is 0 Å². The van der Waals surface area contributed by atoms with E-state index in [-0.39, 0.29) is 28.1 Å². The quantitative estimate of drug-likeness (QED) is 0.847. The Kier molecular flexibility index (Phi) is 4.96. The molecule has 0 fully saturated rings. The molecular formula is C17H20BF2NO3. The Labute approximate surface area is 140 Å². The number of hydrogen-bond acceptors (Lipinski definition) is 4. The van der Waals surface area contributed by atoms with Gasteiger partial charge in [-0.3, -0.25) is 0 Å². The highest BCUT2D eigenvalue weighted by Crippen LogP contribution is 2.29. The van der Waals surface area contributed by atoms with Crippen molar-refractivity contribution >= 4 is 12.6 Å². The minimum absolute atomic E-state index is 0.0206. The van der Waals surface area contributed by atoms with E-state index in [1.54, 1.807) is 13.1 Å². The van der Waals surface area contributed by atoms with E-state index in [4.69, 9.17) is 4.74 Å². The topological polar surface area (TPSA) is 62.6 Å². The molecule has 128 valence electrons. The molecule has 0 saturated carbocycles. The first-order valence-corrected chi connectivity index (χ1v) is 7.52. The van der Waals surface area contributed by atoms with Gasteiger partial charge in [0.25, 0.3) is 0 Å². The predicted molar refractivity (Wildman–Crippen MR) is 88.7 cm³/mol. The van der Waals surface area contributed by atoms with Gasteiger partial charge in [0.05, 0.1) is 0 Å². The molecule has 0 spiro atoms. The fraction of sp³-hybridized carbons (Fsp3) is 0.353. The average molecular weight is 335 g/mol. The minimum Gasteiger partial charge on any atom is -0.439 e. The molecule has 1 aromatic heterocycles. The highest BCUT2D eigenvalue weighted by Gasteiger charge is 2.28. The second-order valence-corrected chi connectivity index (χ2v) is 6.73. The summed E-state index contributed by atoms with van der Waals surface area (Å²) in [5.41, 5.74) is 1.29. The van der Waals surface area contributed by atoms with Crippen LogP contribution >= 0.6 is 0 Å². The second kappa shape index (κ2) is 6.49. The lowest BCUT2D eigenvalue weighted by Gasteiger charge is -2.24. The zero-order chi connectivity index (χ0) is 18.2. The van der Waals surface area contributed by atoms with Crippen molar-refractivity contribution in [1.29, 1.82) is 0 Å². The Balaban J connectivity index is 2.56. The van der Waals surface area contributed by atoms with Gasteiger partial charge in [0.15, 0.2) is 11.6 Å². The average Bonchev–Trinajstić information content (AvgIpc) is 2.46. The van der Waals surface area contributed by atoms with Gasteiger partial charge in [-0.25, -0.2) is 13.8 Å². The lowest BCUT2D eigenvalue weighted by molar-refractivity contribution is 0.414. The summed E-state index contributed by atoms with van der Waals surface area (Å²) in [6, 6.07) is 2.22. The Morgan fingerprint density at radius 1 is 1.08 bits per heavy atom. The standard InChI is InChI=1S/C17H20BF2NO3/c1-9-11(17(3,4)5)8-21-16(14(9)18(22)23)24-13-7-6-12(19)15(20)10(13)2/h6-8,22-23H,1-5H3. The van der Waals surface area contributed by atoms with Crippen molar-refractivity contribution in [2.45, 2.75) is 40.0 Å². The normalized spacial score (nSPS) is 11.5. The van der Waals surface area contributed by atoms with E-state index in [1.807, 2.05) is 20.8 Å². The van der Waals surface area contributed by atoms with Crippen LogP contribution in [0.1, 0.15) is 37.5 Å². The molecule has 0 bridgehead atoms. The first-order chi connectivity index (χ1) is 11.0. The summed E-state index contributed by atoms with van der Waals surface area (Å²) in [6.45, 7) is 9.04. The van der Waals surface area contributed by atoms with Crippen LogP contribution in [0.3, 0.4) is 0 Å². The molecule has 0 aliphatic rings. The molecule has 2 aromatic rings. The third-order valence-electron chi connectivity index (χ3n) is 3.91. The molecule has 1 heterocycles. The number of ether oxygens (including phenoxy) is 1. The SMILES string of the molecule is Cc1c(Oc2ncc(C(C)(C)C)c(C)c2B(O)O)ccc(F)c1F. The summed E-state index contributed by atoms with van der Waals surface area (Å²) in [6.07, 6.45) is 1.59. The largest absolute Gasteiger partial charge is 0.494 e. The number of benzene rings is 1. The van der Waals surface area contributed by atoms with Gasteiger partial charge in [0, 0.05) is 17.2 Å². The first kappa shape index (κ1) is 18.4. The van der Waals surface area contributed by atoms with Crippen LogP contribution in [0.4, 0.5) is 8.78 Å². The monoisotopic (exact) mass is 335 g/mol. The summed E-state index contributed by atoms with van der Waals surface area (Å²) in [5, 5.41) is 19.4. The lowest BCUT2D eigenvalue weighted by atomic mass is 9.73. The molecule has 7 heteroatoms. The van der Waals surface area contributed by atoms with Crippen molar-refractivity contribution < 1.29 is 23.6 Å². The molecular weight excluding hydrogens is 315 g/mol. The van der Waals surface area contributed by atoms with Gasteiger partial charge in [0.2, 0.25) is 5.88 Å².